The van der Waals surface area contributed by atoms with E-state index in [1.807, 2.05) is 24.5 Å². The van der Waals surface area contributed by atoms with Crippen LogP contribution in [-0.4, -0.2) is 19.7 Å². The molecule has 0 aliphatic carbocycles. The van der Waals surface area contributed by atoms with Crippen LogP contribution < -0.4 is 0 Å². The Kier molecular flexibility index (Phi) is 3.11. The molecule has 0 bridgehead atoms. The fourth-order valence-electron chi connectivity index (χ4n) is 2.57. The lowest BCUT2D eigenvalue weighted by Crippen LogP contribution is -1.95. The Hall–Kier alpha value is -3.10. The molecule has 4 rings (SSSR count). The van der Waals surface area contributed by atoms with Crippen molar-refractivity contribution >= 4 is 22.6 Å². The van der Waals surface area contributed by atoms with Crippen LogP contribution in [0.1, 0.15) is 5.56 Å². The summed E-state index contributed by atoms with van der Waals surface area (Å²) in [6.45, 7) is 0. The van der Waals surface area contributed by atoms with Crippen LogP contribution in [0.3, 0.4) is 0 Å². The second-order valence-electron chi connectivity index (χ2n) is 5.05. The van der Waals surface area contributed by atoms with Crippen molar-refractivity contribution in [3.63, 3.8) is 0 Å². The van der Waals surface area contributed by atoms with Gasteiger partial charge in [0.1, 0.15) is 5.65 Å². The van der Waals surface area contributed by atoms with Crippen molar-refractivity contribution in [1.29, 1.82) is 5.26 Å². The normalized spacial score (nSPS) is 10.8. The van der Waals surface area contributed by atoms with E-state index in [1.165, 1.54) is 0 Å². The van der Waals surface area contributed by atoms with Gasteiger partial charge in [0.15, 0.2) is 0 Å². The van der Waals surface area contributed by atoms with E-state index in [1.54, 1.807) is 35.3 Å². The molecule has 4 aromatic rings. The van der Waals surface area contributed by atoms with Crippen molar-refractivity contribution in [3.05, 3.63) is 65.7 Å². The highest BCUT2D eigenvalue weighted by molar-refractivity contribution is 6.32. The Labute approximate surface area is 136 Å². The largest absolute Gasteiger partial charge is 0.346 e. The smallest absolute Gasteiger partial charge is 0.137 e. The number of nitriles is 1. The number of benzene rings is 1. The van der Waals surface area contributed by atoms with Gasteiger partial charge in [-0.15, -0.1) is 0 Å². The Morgan fingerprint density at radius 3 is 2.96 bits per heavy atom. The number of aromatic nitrogens is 4. The molecule has 0 fully saturated rings. The average molecular weight is 320 g/mol. The van der Waals surface area contributed by atoms with Gasteiger partial charge in [0.05, 0.1) is 28.5 Å². The molecule has 0 saturated heterocycles. The van der Waals surface area contributed by atoms with Crippen LogP contribution in [0.4, 0.5) is 0 Å². The molecule has 0 amide bonds. The van der Waals surface area contributed by atoms with Gasteiger partial charge >= 0.3 is 0 Å². The SMILES string of the molecule is N#Cc1ccc(-n2cc(-c3ccnc4[nH]ccc34)cn2)c(Cl)c1. The molecule has 0 spiro atoms. The molecule has 0 atom stereocenters. The number of pyridine rings is 1. The molecule has 0 aliphatic heterocycles. The van der Waals surface area contributed by atoms with Crippen molar-refractivity contribution in [2.75, 3.05) is 0 Å². The van der Waals surface area contributed by atoms with Crippen molar-refractivity contribution < 1.29 is 0 Å². The number of aromatic amines is 1. The Bertz CT molecular complexity index is 1050. The molecular weight excluding hydrogens is 310 g/mol. The summed E-state index contributed by atoms with van der Waals surface area (Å²) in [5, 5.41) is 14.8. The third-order valence-corrected chi connectivity index (χ3v) is 3.98. The zero-order valence-corrected chi connectivity index (χ0v) is 12.6. The molecule has 0 unspecified atom stereocenters. The molecular formula is C17H10ClN5. The minimum absolute atomic E-state index is 0.486. The van der Waals surface area contributed by atoms with Crippen LogP contribution in [0, 0.1) is 11.3 Å². The van der Waals surface area contributed by atoms with Gasteiger partial charge in [0.2, 0.25) is 0 Å². The van der Waals surface area contributed by atoms with E-state index in [0.29, 0.717) is 10.6 Å². The molecule has 6 heteroatoms. The molecule has 5 nitrogen and oxygen atoms in total. The predicted molar refractivity (Wildman–Crippen MR) is 88.4 cm³/mol. The summed E-state index contributed by atoms with van der Waals surface area (Å²) in [7, 11) is 0. The number of rotatable bonds is 2. The van der Waals surface area contributed by atoms with E-state index in [0.717, 1.165) is 27.8 Å². The van der Waals surface area contributed by atoms with Gasteiger partial charge in [-0.2, -0.15) is 10.4 Å². The van der Waals surface area contributed by atoms with Crippen LogP contribution in [-0.2, 0) is 0 Å². The molecule has 0 saturated carbocycles. The standard InChI is InChI=1S/C17H10ClN5/c18-15-7-11(8-19)1-2-16(15)23-10-12(9-22-23)13-3-5-20-17-14(13)4-6-21-17/h1-7,9-10H,(H,20,21). The first kappa shape index (κ1) is 13.6. The van der Waals surface area contributed by atoms with Gasteiger partial charge in [0.25, 0.3) is 0 Å². The Balaban J connectivity index is 1.81. The summed E-state index contributed by atoms with van der Waals surface area (Å²) in [5.41, 5.74) is 4.11. The summed E-state index contributed by atoms with van der Waals surface area (Å²) in [4.78, 5) is 7.39. The second kappa shape index (κ2) is 5.27. The third-order valence-electron chi connectivity index (χ3n) is 3.68. The molecule has 0 radical (unpaired) electrons. The van der Waals surface area contributed by atoms with Gasteiger partial charge in [-0.3, -0.25) is 0 Å². The number of hydrogen-bond donors (Lipinski definition) is 1. The van der Waals surface area contributed by atoms with E-state index >= 15 is 0 Å². The van der Waals surface area contributed by atoms with Crippen molar-refractivity contribution in [2.24, 2.45) is 0 Å². The molecule has 3 heterocycles. The van der Waals surface area contributed by atoms with Gasteiger partial charge in [-0.1, -0.05) is 11.6 Å². The van der Waals surface area contributed by atoms with Gasteiger partial charge < -0.3 is 4.98 Å². The summed E-state index contributed by atoms with van der Waals surface area (Å²) in [6.07, 6.45) is 7.33. The Morgan fingerprint density at radius 1 is 1.22 bits per heavy atom. The molecule has 0 aliphatic rings. The maximum atomic E-state index is 8.92. The highest BCUT2D eigenvalue weighted by Gasteiger charge is 2.10. The highest BCUT2D eigenvalue weighted by atomic mass is 35.5. The number of fused-ring (bicyclic) bond motifs is 1. The van der Waals surface area contributed by atoms with E-state index in [4.69, 9.17) is 16.9 Å². The summed E-state index contributed by atoms with van der Waals surface area (Å²) < 4.78 is 1.71. The first-order chi connectivity index (χ1) is 11.3. The topological polar surface area (TPSA) is 70.3 Å². The first-order valence-corrected chi connectivity index (χ1v) is 7.31. The third kappa shape index (κ3) is 2.26. The van der Waals surface area contributed by atoms with Crippen LogP contribution in [0.5, 0.6) is 0 Å². The van der Waals surface area contributed by atoms with E-state index in [9.17, 15) is 0 Å². The molecule has 1 aromatic carbocycles. The first-order valence-electron chi connectivity index (χ1n) is 6.93. The zero-order valence-electron chi connectivity index (χ0n) is 11.9. The van der Waals surface area contributed by atoms with Crippen molar-refractivity contribution in [1.82, 2.24) is 19.7 Å². The van der Waals surface area contributed by atoms with Crippen LogP contribution in [0.2, 0.25) is 5.02 Å². The number of nitrogens with one attached hydrogen (secondary N) is 1. The van der Waals surface area contributed by atoms with Crippen molar-refractivity contribution in [3.8, 4) is 22.9 Å². The molecule has 3 aromatic heterocycles. The predicted octanol–water partition coefficient (Wildman–Crippen LogP) is 3.94. The zero-order chi connectivity index (χ0) is 15.8. The monoisotopic (exact) mass is 319 g/mol. The van der Waals surface area contributed by atoms with E-state index in [-0.39, 0.29) is 0 Å². The van der Waals surface area contributed by atoms with Crippen LogP contribution in [0.25, 0.3) is 27.8 Å². The maximum Gasteiger partial charge on any atom is 0.137 e. The van der Waals surface area contributed by atoms with E-state index < -0.39 is 0 Å². The summed E-state index contributed by atoms with van der Waals surface area (Å²) in [6, 6.07) is 11.2. The summed E-state index contributed by atoms with van der Waals surface area (Å²) >= 11 is 6.25. The quantitative estimate of drug-likeness (QED) is 0.608. The van der Waals surface area contributed by atoms with Crippen LogP contribution >= 0.6 is 11.6 Å². The molecule has 1 N–H and O–H groups in total. The van der Waals surface area contributed by atoms with Gasteiger partial charge in [-0.25, -0.2) is 9.67 Å². The fraction of sp³-hybridized carbons (Fsp3) is 0. The average Bonchev–Trinajstić information content (AvgIpc) is 3.23. The number of nitrogens with zero attached hydrogens (tertiary/aromatic N) is 4. The minimum Gasteiger partial charge on any atom is -0.346 e. The lowest BCUT2D eigenvalue weighted by atomic mass is 10.1. The van der Waals surface area contributed by atoms with Gasteiger partial charge in [-0.05, 0) is 35.9 Å². The Morgan fingerprint density at radius 2 is 2.13 bits per heavy atom. The highest BCUT2D eigenvalue weighted by Crippen LogP contribution is 2.28. The number of halogens is 1. The summed E-state index contributed by atoms with van der Waals surface area (Å²) in [5.74, 6) is 0. The van der Waals surface area contributed by atoms with Gasteiger partial charge in [0, 0.05) is 29.5 Å². The van der Waals surface area contributed by atoms with E-state index in [2.05, 4.69) is 21.1 Å². The second-order valence-corrected chi connectivity index (χ2v) is 5.46. The molecule has 23 heavy (non-hydrogen) atoms. The minimum atomic E-state index is 0.486. The molecule has 110 valence electrons. The van der Waals surface area contributed by atoms with Crippen molar-refractivity contribution in [2.45, 2.75) is 0 Å². The number of hydrogen-bond acceptors (Lipinski definition) is 3. The van der Waals surface area contributed by atoms with Crippen LogP contribution in [0.15, 0.2) is 55.1 Å². The maximum absolute atomic E-state index is 8.92. The fourth-order valence-corrected chi connectivity index (χ4v) is 2.84. The number of H-pyrrole nitrogens is 1. The lowest BCUT2D eigenvalue weighted by molar-refractivity contribution is 0.880. The lowest BCUT2D eigenvalue weighted by Gasteiger charge is -2.04.